The standard InChI is InChI=1S/C14H12.C12H9NS.C11H11N.C10H9N3.2CH4/c1-3-7-13-11(5-1)9-10-12-6-2-4-8-14(12)13;1-8-9-6-7-14-12(9)10-4-2-3-5-11(10)13-8;1-2-8-7-9-5-3-4-6-10(9)11(8)12;1-2-6-13-7-8-4-5-11-10(8)12-9(13)3-1;;/h1-8H,9-10H2;2-7,13H,1H2;2-6,12H,7H2,1H3;1-6,11H,7H2;2*1H4/b;;8-2-,12-11?;;;. The van der Waals surface area contributed by atoms with Crippen LogP contribution in [0.4, 0.5) is 11.5 Å². The number of hydrogen-bond donors (Lipinski definition) is 3. The molecule has 5 aliphatic rings. The van der Waals surface area contributed by atoms with Crippen molar-refractivity contribution in [3.05, 3.63) is 197 Å². The Hall–Kier alpha value is -6.24. The summed E-state index contributed by atoms with van der Waals surface area (Å²) in [6.45, 7) is 6.93. The van der Waals surface area contributed by atoms with E-state index < -0.39 is 0 Å². The van der Waals surface area contributed by atoms with Crippen LogP contribution in [0.15, 0.2) is 168 Å². The van der Waals surface area contributed by atoms with Crippen molar-refractivity contribution in [3.63, 3.8) is 0 Å². The molecule has 0 fully saturated rings. The van der Waals surface area contributed by atoms with Crippen LogP contribution in [0.25, 0.3) is 27.3 Å². The van der Waals surface area contributed by atoms with Crippen LogP contribution in [0.2, 0.25) is 0 Å². The van der Waals surface area contributed by atoms with Crippen molar-refractivity contribution in [2.45, 2.75) is 47.6 Å². The zero-order valence-corrected chi connectivity index (χ0v) is 30.6. The number of rotatable bonds is 0. The molecule has 55 heavy (non-hydrogen) atoms. The van der Waals surface area contributed by atoms with Crippen molar-refractivity contribution in [2.24, 2.45) is 4.99 Å². The normalized spacial score (nSPS) is 15.0. The van der Waals surface area contributed by atoms with E-state index >= 15 is 0 Å². The molecule has 2 aliphatic carbocycles. The molecule has 0 bridgehead atoms. The van der Waals surface area contributed by atoms with Gasteiger partial charge in [0.05, 0.1) is 12.3 Å². The number of allylic oxidation sites excluding steroid dienone is 4. The number of amidine groups is 1. The minimum absolute atomic E-state index is 0. The summed E-state index contributed by atoms with van der Waals surface area (Å²) in [7, 11) is 0. The van der Waals surface area contributed by atoms with E-state index in [0.717, 1.165) is 47.1 Å². The van der Waals surface area contributed by atoms with Gasteiger partial charge in [0.1, 0.15) is 11.7 Å². The summed E-state index contributed by atoms with van der Waals surface area (Å²) in [5.41, 5.74) is 16.0. The van der Waals surface area contributed by atoms with E-state index in [2.05, 4.69) is 123 Å². The molecular formula is C49H49N5S. The third-order valence-corrected chi connectivity index (χ3v) is 11.0. The maximum absolute atomic E-state index is 7.82. The summed E-state index contributed by atoms with van der Waals surface area (Å²) in [5, 5.41) is 13.2. The van der Waals surface area contributed by atoms with Crippen molar-refractivity contribution in [2.75, 3.05) is 5.32 Å². The highest BCUT2D eigenvalue weighted by molar-refractivity contribution is 7.14. The van der Waals surface area contributed by atoms with Crippen LogP contribution < -0.4 is 5.32 Å². The van der Waals surface area contributed by atoms with Gasteiger partial charge in [-0.2, -0.15) is 0 Å². The van der Waals surface area contributed by atoms with Crippen LogP contribution in [-0.2, 0) is 25.8 Å². The number of anilines is 1. The number of thiophene rings is 1. The molecule has 0 saturated carbocycles. The Kier molecular flexibility index (Phi) is 12.1. The second-order valence-corrected chi connectivity index (χ2v) is 14.2. The predicted molar refractivity (Wildman–Crippen MR) is 238 cm³/mol. The second-order valence-electron chi connectivity index (χ2n) is 13.3. The molecule has 6 heteroatoms. The highest BCUT2D eigenvalue weighted by Crippen LogP contribution is 2.42. The van der Waals surface area contributed by atoms with Crippen LogP contribution in [0, 0.1) is 5.41 Å². The summed E-state index contributed by atoms with van der Waals surface area (Å²) < 4.78 is 0. The predicted octanol–water partition coefficient (Wildman–Crippen LogP) is 13.0. The molecule has 276 valence electrons. The van der Waals surface area contributed by atoms with E-state index in [-0.39, 0.29) is 14.9 Å². The van der Waals surface area contributed by atoms with Crippen LogP contribution >= 0.6 is 11.3 Å². The lowest BCUT2D eigenvalue weighted by atomic mass is 9.86. The quantitative estimate of drug-likeness (QED) is 0.145. The fourth-order valence-corrected chi connectivity index (χ4v) is 8.27. The van der Waals surface area contributed by atoms with Gasteiger partial charge < -0.3 is 15.2 Å². The molecule has 5 heterocycles. The minimum atomic E-state index is 0. The largest absolute Gasteiger partial charge is 0.355 e. The van der Waals surface area contributed by atoms with Crippen molar-refractivity contribution < 1.29 is 0 Å². The Bertz CT molecular complexity index is 2410. The number of fused-ring (bicyclic) bond motifs is 9. The van der Waals surface area contributed by atoms with Crippen molar-refractivity contribution in [1.29, 1.82) is 5.41 Å². The summed E-state index contributed by atoms with van der Waals surface area (Å²) in [5.74, 6) is 2.00. The molecular weight excluding hydrogens is 691 g/mol. The van der Waals surface area contributed by atoms with E-state index in [1.165, 1.54) is 62.2 Å². The lowest BCUT2D eigenvalue weighted by Gasteiger charge is -2.25. The van der Waals surface area contributed by atoms with E-state index in [0.29, 0.717) is 5.71 Å². The smallest absolute Gasteiger partial charge is 0.137 e. The van der Waals surface area contributed by atoms with E-state index in [1.807, 2.05) is 61.7 Å². The summed E-state index contributed by atoms with van der Waals surface area (Å²) in [6.07, 6.45) is 15.4. The topological polar surface area (TPSA) is 67.3 Å². The Morgan fingerprint density at radius 2 is 1.36 bits per heavy atom. The van der Waals surface area contributed by atoms with Crippen molar-refractivity contribution in [3.8, 4) is 21.6 Å². The Balaban J connectivity index is 0.000000123. The molecule has 0 saturated heterocycles. The van der Waals surface area contributed by atoms with Gasteiger partial charge in [-0.15, -0.1) is 11.3 Å². The monoisotopic (exact) mass is 739 g/mol. The molecule has 0 spiro atoms. The van der Waals surface area contributed by atoms with Crippen LogP contribution in [0.3, 0.4) is 0 Å². The maximum Gasteiger partial charge on any atom is 0.137 e. The minimum Gasteiger partial charge on any atom is -0.355 e. The van der Waals surface area contributed by atoms with Gasteiger partial charge in [-0.25, -0.2) is 4.99 Å². The Morgan fingerprint density at radius 1 is 0.727 bits per heavy atom. The second kappa shape index (κ2) is 17.3. The van der Waals surface area contributed by atoms with Gasteiger partial charge in [-0.05, 0) is 95.3 Å². The number of benzene rings is 4. The highest BCUT2D eigenvalue weighted by atomic mass is 32.1. The van der Waals surface area contributed by atoms with Gasteiger partial charge in [-0.1, -0.05) is 125 Å². The van der Waals surface area contributed by atoms with Gasteiger partial charge in [-0.3, -0.25) is 5.41 Å². The van der Waals surface area contributed by atoms with E-state index in [4.69, 9.17) is 5.41 Å². The Labute approximate surface area is 330 Å². The molecule has 5 nitrogen and oxygen atoms in total. The van der Waals surface area contributed by atoms with Gasteiger partial charge in [0.15, 0.2) is 0 Å². The Morgan fingerprint density at radius 3 is 2.05 bits per heavy atom. The number of H-pyrrole nitrogens is 1. The third-order valence-electron chi connectivity index (χ3n) is 10.1. The first kappa shape index (κ1) is 38.5. The molecule has 0 amide bonds. The third kappa shape index (κ3) is 8.01. The van der Waals surface area contributed by atoms with E-state index in [9.17, 15) is 0 Å². The molecule has 0 atom stereocenters. The highest BCUT2D eigenvalue weighted by Gasteiger charge is 2.21. The van der Waals surface area contributed by atoms with E-state index in [1.54, 1.807) is 11.3 Å². The number of aliphatic imine (C=N–C) groups is 1. The van der Waals surface area contributed by atoms with Gasteiger partial charge in [0.2, 0.25) is 0 Å². The first-order chi connectivity index (χ1) is 26.1. The molecule has 0 radical (unpaired) electrons. The average molecular weight is 740 g/mol. The van der Waals surface area contributed by atoms with Gasteiger partial charge in [0, 0.05) is 50.9 Å². The van der Waals surface area contributed by atoms with Crippen molar-refractivity contribution >= 4 is 40.1 Å². The molecule has 11 rings (SSSR count). The van der Waals surface area contributed by atoms with Gasteiger partial charge >= 0.3 is 0 Å². The van der Waals surface area contributed by atoms with Crippen molar-refractivity contribution in [1.82, 2.24) is 9.88 Å². The fourth-order valence-electron chi connectivity index (χ4n) is 7.30. The molecule has 4 aromatic carbocycles. The lowest BCUT2D eigenvalue weighted by molar-refractivity contribution is 0.544. The lowest BCUT2D eigenvalue weighted by Crippen LogP contribution is -2.27. The molecule has 0 unspecified atom stereocenters. The summed E-state index contributed by atoms with van der Waals surface area (Å²) in [6, 6.07) is 38.1. The number of para-hydroxylation sites is 1. The SMILES string of the molecule is C.C.C/C=C1/Cc2ccccc2C1=N.C1=CC2=Nc3[nH]ccc3CN2C=C1.C=C1Nc2ccccc2-c2sccc21.c1ccc2c(c1)CCc1ccccc1-2. The zero-order chi connectivity index (χ0) is 36.1. The summed E-state index contributed by atoms with van der Waals surface area (Å²) in [4.78, 5) is 11.1. The van der Waals surface area contributed by atoms with Crippen LogP contribution in [-0.4, -0.2) is 21.4 Å². The fraction of sp³-hybridized carbons (Fsp3) is 0.143. The van der Waals surface area contributed by atoms with Crippen LogP contribution in [0.1, 0.15) is 55.2 Å². The molecule has 3 N–H and O–H groups in total. The number of aromatic amines is 1. The number of aromatic nitrogens is 1. The zero-order valence-electron chi connectivity index (χ0n) is 29.8. The number of nitrogens with one attached hydrogen (secondary N) is 3. The number of nitrogens with zero attached hydrogens (tertiary/aromatic N) is 2. The molecule has 6 aromatic rings. The maximum atomic E-state index is 7.82. The number of aryl methyl sites for hydroxylation is 2. The average Bonchev–Trinajstić information content (AvgIpc) is 3.97. The first-order valence-corrected chi connectivity index (χ1v) is 18.9. The number of hydrogen-bond acceptors (Lipinski definition) is 5. The summed E-state index contributed by atoms with van der Waals surface area (Å²) >= 11 is 1.77. The first-order valence-electron chi connectivity index (χ1n) is 18.1. The van der Waals surface area contributed by atoms with Gasteiger partial charge in [0.25, 0.3) is 0 Å². The molecule has 3 aliphatic heterocycles. The molecule has 2 aromatic heterocycles. The van der Waals surface area contributed by atoms with Crippen LogP contribution in [0.5, 0.6) is 0 Å².